The Morgan fingerprint density at radius 1 is 1.03 bits per heavy atom. The maximum Gasteiger partial charge on any atom is 0.226 e. The maximum absolute atomic E-state index is 12.2. The second kappa shape index (κ2) is 10.9. The third kappa shape index (κ3) is 6.17. The van der Waals surface area contributed by atoms with Gasteiger partial charge in [-0.2, -0.15) is 4.98 Å². The average Bonchev–Trinajstić information content (AvgIpc) is 3.29. The fourth-order valence-corrected chi connectivity index (χ4v) is 3.92. The van der Waals surface area contributed by atoms with Crippen LogP contribution in [-0.4, -0.2) is 47.1 Å². The van der Waals surface area contributed by atoms with Gasteiger partial charge in [-0.3, -0.25) is 9.69 Å². The molecule has 1 saturated heterocycles. The maximum atomic E-state index is 12.2. The first-order valence-electron chi connectivity index (χ1n) is 11.4. The molecule has 168 valence electrons. The average molecular weight is 434 g/mol. The number of aromatic nitrogens is 2. The van der Waals surface area contributed by atoms with E-state index in [2.05, 4.69) is 67.7 Å². The van der Waals surface area contributed by atoms with Crippen molar-refractivity contribution in [3.63, 3.8) is 0 Å². The Hall–Kier alpha value is -3.19. The van der Waals surface area contributed by atoms with E-state index in [1.165, 1.54) is 11.3 Å². The molecule has 2 aromatic carbocycles. The summed E-state index contributed by atoms with van der Waals surface area (Å²) >= 11 is 0. The zero-order chi connectivity index (χ0) is 22.2. The Labute approximate surface area is 189 Å². The van der Waals surface area contributed by atoms with Crippen LogP contribution in [0.2, 0.25) is 0 Å². The van der Waals surface area contributed by atoms with Crippen LogP contribution < -0.4 is 10.2 Å². The van der Waals surface area contributed by atoms with Gasteiger partial charge < -0.3 is 14.7 Å². The van der Waals surface area contributed by atoms with Gasteiger partial charge in [0.15, 0.2) is 5.82 Å². The van der Waals surface area contributed by atoms with Gasteiger partial charge in [0.05, 0.1) is 0 Å². The molecule has 2 heterocycles. The number of nitrogens with one attached hydrogen (secondary N) is 1. The summed E-state index contributed by atoms with van der Waals surface area (Å²) in [6.45, 7) is 7.10. The number of carbonyl (C=O) groups excluding carboxylic acids is 1. The Morgan fingerprint density at radius 2 is 1.78 bits per heavy atom. The zero-order valence-electron chi connectivity index (χ0n) is 18.7. The fourth-order valence-electron chi connectivity index (χ4n) is 3.92. The summed E-state index contributed by atoms with van der Waals surface area (Å²) in [5.41, 5.74) is 3.39. The van der Waals surface area contributed by atoms with Crippen molar-refractivity contribution in [2.24, 2.45) is 0 Å². The van der Waals surface area contributed by atoms with Crippen LogP contribution in [0.4, 0.5) is 11.4 Å². The number of piperazine rings is 1. The minimum Gasteiger partial charge on any atom is -0.369 e. The van der Waals surface area contributed by atoms with Crippen molar-refractivity contribution in [2.45, 2.75) is 39.2 Å². The van der Waals surface area contributed by atoms with Crippen molar-refractivity contribution in [1.29, 1.82) is 0 Å². The lowest BCUT2D eigenvalue weighted by Crippen LogP contribution is -2.45. The van der Waals surface area contributed by atoms with Crippen molar-refractivity contribution in [2.75, 3.05) is 36.4 Å². The number of hydrogen-bond acceptors (Lipinski definition) is 6. The van der Waals surface area contributed by atoms with Gasteiger partial charge in [-0.15, -0.1) is 0 Å². The van der Waals surface area contributed by atoms with Crippen molar-refractivity contribution < 1.29 is 9.32 Å². The number of benzene rings is 2. The predicted octanol–water partition coefficient (Wildman–Crippen LogP) is 3.92. The number of amides is 1. The normalized spacial score (nSPS) is 14.5. The summed E-state index contributed by atoms with van der Waals surface area (Å²) in [4.78, 5) is 21.4. The number of hydrogen-bond donors (Lipinski definition) is 1. The van der Waals surface area contributed by atoms with Crippen LogP contribution >= 0.6 is 0 Å². The lowest BCUT2D eigenvalue weighted by Gasteiger charge is -2.36. The smallest absolute Gasteiger partial charge is 0.226 e. The first kappa shape index (κ1) is 22.0. The van der Waals surface area contributed by atoms with E-state index in [4.69, 9.17) is 4.52 Å². The van der Waals surface area contributed by atoms with Crippen LogP contribution in [-0.2, 0) is 24.2 Å². The Morgan fingerprint density at radius 3 is 2.47 bits per heavy atom. The summed E-state index contributed by atoms with van der Waals surface area (Å²) in [5.74, 6) is 1.31. The molecule has 4 rings (SSSR count). The van der Waals surface area contributed by atoms with E-state index in [1.54, 1.807) is 0 Å². The highest BCUT2D eigenvalue weighted by Crippen LogP contribution is 2.20. The van der Waals surface area contributed by atoms with Gasteiger partial charge in [0.25, 0.3) is 0 Å². The lowest BCUT2D eigenvalue weighted by atomic mass is 10.2. The van der Waals surface area contributed by atoms with Gasteiger partial charge in [0.1, 0.15) is 0 Å². The molecule has 0 atom stereocenters. The van der Waals surface area contributed by atoms with Gasteiger partial charge in [-0.25, -0.2) is 0 Å². The van der Waals surface area contributed by atoms with Crippen LogP contribution in [0.25, 0.3) is 0 Å². The quantitative estimate of drug-likeness (QED) is 0.551. The van der Waals surface area contributed by atoms with E-state index in [-0.39, 0.29) is 5.91 Å². The van der Waals surface area contributed by atoms with Crippen LogP contribution in [0.1, 0.15) is 37.0 Å². The number of nitrogens with zero attached hydrogens (tertiary/aromatic N) is 4. The second-order valence-corrected chi connectivity index (χ2v) is 8.16. The Kier molecular flexibility index (Phi) is 7.51. The molecular formula is C25H31N5O2. The minimum atomic E-state index is 0.00232. The molecule has 3 aromatic rings. The molecule has 0 unspecified atom stereocenters. The molecule has 0 bridgehead atoms. The topological polar surface area (TPSA) is 74.5 Å². The molecule has 32 heavy (non-hydrogen) atoms. The van der Waals surface area contributed by atoms with E-state index < -0.39 is 0 Å². The Bertz CT molecular complexity index is 979. The second-order valence-electron chi connectivity index (χ2n) is 8.16. The SMILES string of the molecule is CCc1noc(CCCC(=O)Nc2ccc(N3CCN(Cc4ccccc4)CC3)cc2)n1. The lowest BCUT2D eigenvalue weighted by molar-refractivity contribution is -0.116. The molecule has 1 fully saturated rings. The van der Waals surface area contributed by atoms with Gasteiger partial charge in [0, 0.05) is 63.4 Å². The third-order valence-corrected chi connectivity index (χ3v) is 5.76. The summed E-state index contributed by atoms with van der Waals surface area (Å²) in [6, 6.07) is 18.8. The highest BCUT2D eigenvalue weighted by Gasteiger charge is 2.17. The van der Waals surface area contributed by atoms with Crippen molar-refractivity contribution >= 4 is 17.3 Å². The van der Waals surface area contributed by atoms with E-state index in [0.717, 1.165) is 44.8 Å². The third-order valence-electron chi connectivity index (χ3n) is 5.76. The zero-order valence-corrected chi connectivity index (χ0v) is 18.7. The monoisotopic (exact) mass is 433 g/mol. The molecule has 7 heteroatoms. The molecule has 1 N–H and O–H groups in total. The van der Waals surface area contributed by atoms with E-state index in [9.17, 15) is 4.79 Å². The van der Waals surface area contributed by atoms with Gasteiger partial charge in [0.2, 0.25) is 11.8 Å². The van der Waals surface area contributed by atoms with Crippen molar-refractivity contribution in [3.8, 4) is 0 Å². The number of carbonyl (C=O) groups is 1. The summed E-state index contributed by atoms with van der Waals surface area (Å²) in [7, 11) is 0. The van der Waals surface area contributed by atoms with E-state index >= 15 is 0 Å². The van der Waals surface area contributed by atoms with Crippen molar-refractivity contribution in [1.82, 2.24) is 15.0 Å². The predicted molar refractivity (Wildman–Crippen MR) is 126 cm³/mol. The van der Waals surface area contributed by atoms with Crippen LogP contribution in [0.3, 0.4) is 0 Å². The molecule has 1 aromatic heterocycles. The molecule has 1 amide bonds. The summed E-state index contributed by atoms with van der Waals surface area (Å²) in [6.07, 6.45) is 2.48. The summed E-state index contributed by atoms with van der Waals surface area (Å²) in [5, 5.41) is 6.85. The van der Waals surface area contributed by atoms with Crippen LogP contribution in [0.5, 0.6) is 0 Å². The number of rotatable bonds is 9. The summed E-state index contributed by atoms with van der Waals surface area (Å²) < 4.78 is 5.16. The molecule has 1 aliphatic heterocycles. The number of aryl methyl sites for hydroxylation is 2. The van der Waals surface area contributed by atoms with Crippen LogP contribution in [0.15, 0.2) is 59.1 Å². The molecule has 1 aliphatic rings. The first-order chi connectivity index (χ1) is 15.7. The standard InChI is InChI=1S/C25H31N5O2/c1-2-23-27-25(32-28-23)10-6-9-24(31)26-21-11-13-22(14-12-21)30-17-15-29(16-18-30)19-20-7-4-3-5-8-20/h3-5,7-8,11-14H,2,6,9-10,15-19H2,1H3,(H,26,31). The van der Waals surface area contributed by atoms with E-state index in [1.807, 2.05) is 19.1 Å². The fraction of sp³-hybridized carbons (Fsp3) is 0.400. The van der Waals surface area contributed by atoms with Crippen molar-refractivity contribution in [3.05, 3.63) is 71.9 Å². The largest absolute Gasteiger partial charge is 0.369 e. The highest BCUT2D eigenvalue weighted by atomic mass is 16.5. The molecule has 0 saturated carbocycles. The molecular weight excluding hydrogens is 402 g/mol. The van der Waals surface area contributed by atoms with E-state index in [0.29, 0.717) is 31.0 Å². The first-order valence-corrected chi connectivity index (χ1v) is 11.4. The highest BCUT2D eigenvalue weighted by molar-refractivity contribution is 5.90. The van der Waals surface area contributed by atoms with Gasteiger partial charge in [-0.1, -0.05) is 42.4 Å². The molecule has 7 nitrogen and oxygen atoms in total. The molecule has 0 aliphatic carbocycles. The molecule has 0 radical (unpaired) electrons. The molecule has 0 spiro atoms. The number of anilines is 2. The Balaban J connectivity index is 1.19. The van der Waals surface area contributed by atoms with Gasteiger partial charge in [-0.05, 0) is 36.2 Å². The van der Waals surface area contributed by atoms with Crippen LogP contribution in [0, 0.1) is 0 Å². The minimum absolute atomic E-state index is 0.00232. The van der Waals surface area contributed by atoms with Gasteiger partial charge >= 0.3 is 0 Å².